The molecule has 7 heavy (non-hydrogen) atoms. The van der Waals surface area contributed by atoms with Crippen LogP contribution in [0.25, 0.3) is 0 Å². The Morgan fingerprint density at radius 3 is 2.14 bits per heavy atom. The second-order valence-corrected chi connectivity index (χ2v) is 2.83. The highest BCUT2D eigenvalue weighted by atomic mass is 35.5. The van der Waals surface area contributed by atoms with Gasteiger partial charge in [0.25, 0.3) is 0 Å². The molecule has 0 unspecified atom stereocenters. The smallest absolute Gasteiger partial charge is 0.105 e. The monoisotopic (exact) mass is 138 g/mol. The Labute approximate surface area is 54.1 Å². The molecule has 0 rings (SSSR count). The minimum Gasteiger partial charge on any atom is -0.105 e. The van der Waals surface area contributed by atoms with E-state index in [-0.39, 0.29) is 4.84 Å². The molecule has 0 aliphatic carbocycles. The lowest BCUT2D eigenvalue weighted by molar-refractivity contribution is 1.06. The van der Waals surface area contributed by atoms with E-state index in [0.717, 1.165) is 5.57 Å². The van der Waals surface area contributed by atoms with Crippen molar-refractivity contribution < 1.29 is 0 Å². The molecule has 2 heteroatoms. The van der Waals surface area contributed by atoms with Crippen LogP contribution in [0.3, 0.4) is 0 Å². The molecule has 0 heterocycles. The molecule has 0 aromatic carbocycles. The average molecular weight is 139 g/mol. The first-order chi connectivity index (χ1) is 3.13. The van der Waals surface area contributed by atoms with Crippen LogP contribution in [0.15, 0.2) is 12.2 Å². The van der Waals surface area contributed by atoms with E-state index in [1.54, 1.807) is 0 Å². The van der Waals surface area contributed by atoms with Crippen LogP contribution in [0.5, 0.6) is 0 Å². The number of hydrogen-bond acceptors (Lipinski definition) is 0. The molecule has 0 spiro atoms. The Morgan fingerprint density at radius 1 is 1.71 bits per heavy atom. The van der Waals surface area contributed by atoms with Gasteiger partial charge in [-0.25, -0.2) is 0 Å². The van der Waals surface area contributed by atoms with Gasteiger partial charge in [-0.2, -0.15) is 0 Å². The van der Waals surface area contributed by atoms with Crippen molar-refractivity contribution in [1.29, 1.82) is 0 Å². The molecule has 0 aromatic rings. The summed E-state index contributed by atoms with van der Waals surface area (Å²) in [6.07, 6.45) is 0.698. The molecule has 42 valence electrons. The van der Waals surface area contributed by atoms with Gasteiger partial charge in [0, 0.05) is 0 Å². The minimum absolute atomic E-state index is 0.280. The molecule has 0 amide bonds. The predicted octanol–water partition coefficient (Wildman–Crippen LogP) is 2.76. The van der Waals surface area contributed by atoms with E-state index < -0.39 is 0 Å². The van der Waals surface area contributed by atoms with Crippen molar-refractivity contribution in [2.24, 2.45) is 0 Å². The third-order valence-electron chi connectivity index (χ3n) is 0.503. The molecule has 0 fully saturated rings. The van der Waals surface area contributed by atoms with Crippen molar-refractivity contribution >= 4 is 23.2 Å². The van der Waals surface area contributed by atoms with Gasteiger partial charge in [0.05, 0.1) is 0 Å². The van der Waals surface area contributed by atoms with Crippen LogP contribution in [0.1, 0.15) is 13.3 Å². The lowest BCUT2D eigenvalue weighted by atomic mass is 10.3. The number of allylic oxidation sites excluding steroid dienone is 1. The summed E-state index contributed by atoms with van der Waals surface area (Å²) in [6.45, 7) is 5.53. The van der Waals surface area contributed by atoms with Gasteiger partial charge < -0.3 is 0 Å². The zero-order chi connectivity index (χ0) is 5.86. The zero-order valence-corrected chi connectivity index (χ0v) is 5.76. The lowest BCUT2D eigenvalue weighted by Crippen LogP contribution is -1.84. The maximum absolute atomic E-state index is 5.38. The molecule has 0 nitrogen and oxygen atoms in total. The van der Waals surface area contributed by atoms with Crippen molar-refractivity contribution in [3.63, 3.8) is 0 Å². The summed E-state index contributed by atoms with van der Waals surface area (Å²) in [5.41, 5.74) is 1.02. The number of rotatable bonds is 2. The minimum atomic E-state index is -0.280. The van der Waals surface area contributed by atoms with E-state index in [2.05, 4.69) is 6.58 Å². The predicted molar refractivity (Wildman–Crippen MR) is 34.9 cm³/mol. The van der Waals surface area contributed by atoms with E-state index in [4.69, 9.17) is 23.2 Å². The largest absolute Gasteiger partial charge is 0.111 e. The van der Waals surface area contributed by atoms with Crippen LogP contribution in [0.2, 0.25) is 0 Å². The van der Waals surface area contributed by atoms with Crippen LogP contribution >= 0.6 is 23.2 Å². The van der Waals surface area contributed by atoms with E-state index in [0.29, 0.717) is 6.42 Å². The third-order valence-corrected chi connectivity index (χ3v) is 0.811. The van der Waals surface area contributed by atoms with Crippen LogP contribution in [0.4, 0.5) is 0 Å². The summed E-state index contributed by atoms with van der Waals surface area (Å²) in [7, 11) is 0. The Kier molecular flexibility index (Phi) is 3.49. The second kappa shape index (κ2) is 3.34. The fraction of sp³-hybridized carbons (Fsp3) is 0.600. The van der Waals surface area contributed by atoms with Crippen molar-refractivity contribution in [2.75, 3.05) is 0 Å². The average Bonchev–Trinajstić information content (AvgIpc) is 1.27. The third kappa shape index (κ3) is 6.32. The molecular weight excluding hydrogens is 131 g/mol. The number of halogens is 2. The fourth-order valence-corrected chi connectivity index (χ4v) is 0.790. The van der Waals surface area contributed by atoms with E-state index >= 15 is 0 Å². The highest BCUT2D eigenvalue weighted by Gasteiger charge is 1.95. The number of alkyl halides is 2. The van der Waals surface area contributed by atoms with E-state index in [1.165, 1.54) is 0 Å². The quantitative estimate of drug-likeness (QED) is 0.407. The van der Waals surface area contributed by atoms with Gasteiger partial charge in [0.1, 0.15) is 4.84 Å². The summed E-state index contributed by atoms with van der Waals surface area (Å²) >= 11 is 10.8. The molecule has 0 bridgehead atoms. The van der Waals surface area contributed by atoms with Crippen LogP contribution < -0.4 is 0 Å². The Bertz CT molecular complexity index is 66.5. The van der Waals surface area contributed by atoms with Gasteiger partial charge >= 0.3 is 0 Å². The topological polar surface area (TPSA) is 0 Å². The normalized spacial score (nSPS) is 9.71. The van der Waals surface area contributed by atoms with Crippen molar-refractivity contribution in [1.82, 2.24) is 0 Å². The van der Waals surface area contributed by atoms with Crippen LogP contribution in [0, 0.1) is 0 Å². The first-order valence-electron chi connectivity index (χ1n) is 2.05. The van der Waals surface area contributed by atoms with Gasteiger partial charge in [-0.15, -0.1) is 29.8 Å². The van der Waals surface area contributed by atoms with E-state index in [1.807, 2.05) is 6.92 Å². The summed E-state index contributed by atoms with van der Waals surface area (Å²) in [5, 5.41) is 0. The van der Waals surface area contributed by atoms with Crippen molar-refractivity contribution in [3.8, 4) is 0 Å². The van der Waals surface area contributed by atoms with Crippen molar-refractivity contribution in [2.45, 2.75) is 18.2 Å². The first-order valence-corrected chi connectivity index (χ1v) is 2.92. The van der Waals surface area contributed by atoms with Gasteiger partial charge in [-0.1, -0.05) is 5.57 Å². The lowest BCUT2D eigenvalue weighted by Gasteiger charge is -1.95. The summed E-state index contributed by atoms with van der Waals surface area (Å²) in [4.78, 5) is -0.280. The van der Waals surface area contributed by atoms with E-state index in [9.17, 15) is 0 Å². The standard InChI is InChI=1S/C5H8Cl2/c1-4(2)3-5(6)7/h5H,1,3H2,2H3. The molecule has 0 N–H and O–H groups in total. The molecular formula is C5H8Cl2. The highest BCUT2D eigenvalue weighted by Crippen LogP contribution is 2.11. The van der Waals surface area contributed by atoms with Crippen molar-refractivity contribution in [3.05, 3.63) is 12.2 Å². The summed E-state index contributed by atoms with van der Waals surface area (Å²) < 4.78 is 0. The molecule has 0 aromatic heterocycles. The first kappa shape index (κ1) is 7.32. The second-order valence-electron chi connectivity index (χ2n) is 1.55. The number of hydrogen-bond donors (Lipinski definition) is 0. The molecule has 0 aliphatic heterocycles. The SMILES string of the molecule is C=C(C)CC(Cl)Cl. The van der Waals surface area contributed by atoms with Crippen LogP contribution in [-0.4, -0.2) is 4.84 Å². The fourth-order valence-electron chi connectivity index (χ4n) is 0.263. The maximum atomic E-state index is 5.38. The molecule has 0 saturated carbocycles. The molecule has 0 atom stereocenters. The summed E-state index contributed by atoms with van der Waals surface area (Å²) in [6, 6.07) is 0. The Balaban J connectivity index is 3.13. The zero-order valence-electron chi connectivity index (χ0n) is 4.25. The molecule has 0 saturated heterocycles. The Morgan fingerprint density at radius 2 is 2.14 bits per heavy atom. The van der Waals surface area contributed by atoms with Gasteiger partial charge in [-0.05, 0) is 13.3 Å². The van der Waals surface area contributed by atoms with Gasteiger partial charge in [0.15, 0.2) is 0 Å². The molecule has 0 aliphatic rings. The summed E-state index contributed by atoms with van der Waals surface area (Å²) in [5.74, 6) is 0. The highest BCUT2D eigenvalue weighted by molar-refractivity contribution is 6.44. The Hall–Kier alpha value is 0.320. The van der Waals surface area contributed by atoms with Gasteiger partial charge in [0.2, 0.25) is 0 Å². The molecule has 0 radical (unpaired) electrons. The van der Waals surface area contributed by atoms with Crippen LogP contribution in [-0.2, 0) is 0 Å². The van der Waals surface area contributed by atoms with Gasteiger partial charge in [-0.3, -0.25) is 0 Å². The maximum Gasteiger partial charge on any atom is 0.111 e.